The average molecular weight is 304 g/mol. The number of nitrogens with one attached hydrogen (secondary N) is 1. The van der Waals surface area contributed by atoms with E-state index >= 15 is 0 Å². The zero-order valence-electron chi connectivity index (χ0n) is 11.6. The lowest BCUT2D eigenvalue weighted by atomic mass is 10.0. The second-order valence-electron chi connectivity index (χ2n) is 4.84. The van der Waals surface area contributed by atoms with Crippen molar-refractivity contribution in [1.82, 2.24) is 5.32 Å². The van der Waals surface area contributed by atoms with Crippen LogP contribution in [0.25, 0.3) is 11.0 Å². The lowest BCUT2D eigenvalue weighted by Gasteiger charge is -2.17. The Morgan fingerprint density at radius 3 is 2.76 bits per heavy atom. The fourth-order valence-corrected chi connectivity index (χ4v) is 2.70. The highest BCUT2D eigenvalue weighted by Crippen LogP contribution is 2.32. The summed E-state index contributed by atoms with van der Waals surface area (Å²) in [6, 6.07) is 13.9. The second kappa shape index (κ2) is 5.88. The SMILES string of the molecule is CCNC(c1cc2cc(F)ccc2o1)c1ccccc1Cl. The van der Waals surface area contributed by atoms with E-state index in [-0.39, 0.29) is 11.9 Å². The summed E-state index contributed by atoms with van der Waals surface area (Å²) in [5.74, 6) is 0.457. The van der Waals surface area contributed by atoms with Gasteiger partial charge in [-0.2, -0.15) is 0 Å². The van der Waals surface area contributed by atoms with E-state index in [2.05, 4.69) is 5.32 Å². The van der Waals surface area contributed by atoms with Crippen LogP contribution in [0.15, 0.2) is 52.9 Å². The van der Waals surface area contributed by atoms with E-state index in [1.165, 1.54) is 12.1 Å². The van der Waals surface area contributed by atoms with Gasteiger partial charge in [0, 0.05) is 10.4 Å². The Morgan fingerprint density at radius 2 is 2.00 bits per heavy atom. The molecule has 108 valence electrons. The first-order chi connectivity index (χ1) is 10.2. The van der Waals surface area contributed by atoms with E-state index in [0.29, 0.717) is 10.6 Å². The third-order valence-electron chi connectivity index (χ3n) is 3.41. The third kappa shape index (κ3) is 2.80. The molecule has 0 saturated heterocycles. The normalized spacial score (nSPS) is 12.7. The lowest BCUT2D eigenvalue weighted by molar-refractivity contribution is 0.477. The molecule has 1 N–H and O–H groups in total. The first kappa shape index (κ1) is 14.1. The minimum absolute atomic E-state index is 0.154. The van der Waals surface area contributed by atoms with E-state index in [1.54, 1.807) is 6.07 Å². The molecule has 0 aliphatic rings. The van der Waals surface area contributed by atoms with Crippen LogP contribution in [0.2, 0.25) is 5.02 Å². The Labute approximate surface area is 127 Å². The fraction of sp³-hybridized carbons (Fsp3) is 0.176. The van der Waals surface area contributed by atoms with Crippen molar-refractivity contribution < 1.29 is 8.81 Å². The summed E-state index contributed by atoms with van der Waals surface area (Å²) in [7, 11) is 0. The standard InChI is InChI=1S/C17H15ClFNO/c1-2-20-17(13-5-3-4-6-14(13)18)16-10-11-9-12(19)7-8-15(11)21-16/h3-10,17,20H,2H2,1H3. The maximum Gasteiger partial charge on any atom is 0.134 e. The van der Waals surface area contributed by atoms with Crippen molar-refractivity contribution in [2.24, 2.45) is 0 Å². The van der Waals surface area contributed by atoms with Gasteiger partial charge in [0.1, 0.15) is 17.2 Å². The van der Waals surface area contributed by atoms with Gasteiger partial charge in [0.25, 0.3) is 0 Å². The van der Waals surface area contributed by atoms with E-state index in [1.807, 2.05) is 37.3 Å². The largest absolute Gasteiger partial charge is 0.459 e. The van der Waals surface area contributed by atoms with E-state index in [4.69, 9.17) is 16.0 Å². The zero-order valence-corrected chi connectivity index (χ0v) is 12.3. The van der Waals surface area contributed by atoms with Gasteiger partial charge >= 0.3 is 0 Å². The number of benzene rings is 2. The highest BCUT2D eigenvalue weighted by Gasteiger charge is 2.20. The van der Waals surface area contributed by atoms with Crippen molar-refractivity contribution in [1.29, 1.82) is 0 Å². The number of fused-ring (bicyclic) bond motifs is 1. The number of halogens is 2. The quantitative estimate of drug-likeness (QED) is 0.739. The van der Waals surface area contributed by atoms with Crippen LogP contribution < -0.4 is 5.32 Å². The molecular weight excluding hydrogens is 289 g/mol. The maximum absolute atomic E-state index is 13.3. The Hall–Kier alpha value is -1.84. The van der Waals surface area contributed by atoms with Crippen LogP contribution in [-0.4, -0.2) is 6.54 Å². The predicted molar refractivity (Wildman–Crippen MR) is 83.1 cm³/mol. The summed E-state index contributed by atoms with van der Waals surface area (Å²) in [6.45, 7) is 2.79. The molecule has 4 heteroatoms. The molecule has 0 saturated carbocycles. The van der Waals surface area contributed by atoms with Gasteiger partial charge in [-0.05, 0) is 42.4 Å². The third-order valence-corrected chi connectivity index (χ3v) is 3.75. The van der Waals surface area contributed by atoms with Gasteiger partial charge in [-0.25, -0.2) is 4.39 Å². The summed E-state index contributed by atoms with van der Waals surface area (Å²) in [6.07, 6.45) is 0. The van der Waals surface area contributed by atoms with E-state index < -0.39 is 0 Å². The van der Waals surface area contributed by atoms with Crippen molar-refractivity contribution in [3.05, 3.63) is 70.7 Å². The van der Waals surface area contributed by atoms with Crippen LogP contribution in [0.5, 0.6) is 0 Å². The first-order valence-corrected chi connectivity index (χ1v) is 7.23. The van der Waals surface area contributed by atoms with Crippen molar-refractivity contribution in [2.75, 3.05) is 6.54 Å². The molecule has 1 aromatic heterocycles. The number of rotatable bonds is 4. The minimum atomic E-state index is -0.271. The van der Waals surface area contributed by atoms with Crippen LogP contribution in [0.4, 0.5) is 4.39 Å². The van der Waals surface area contributed by atoms with Crippen LogP contribution in [0.3, 0.4) is 0 Å². The van der Waals surface area contributed by atoms with Gasteiger partial charge in [0.15, 0.2) is 0 Å². The molecule has 1 unspecified atom stereocenters. The Balaban J connectivity index is 2.09. The molecule has 0 aliphatic heterocycles. The summed E-state index contributed by atoms with van der Waals surface area (Å²) >= 11 is 6.29. The molecule has 3 aromatic rings. The topological polar surface area (TPSA) is 25.2 Å². The molecule has 0 aliphatic carbocycles. The maximum atomic E-state index is 13.3. The highest BCUT2D eigenvalue weighted by molar-refractivity contribution is 6.31. The summed E-state index contributed by atoms with van der Waals surface area (Å²) < 4.78 is 19.2. The zero-order chi connectivity index (χ0) is 14.8. The van der Waals surface area contributed by atoms with E-state index in [9.17, 15) is 4.39 Å². The second-order valence-corrected chi connectivity index (χ2v) is 5.25. The Bertz CT molecular complexity index is 768. The van der Waals surface area contributed by atoms with Crippen molar-refractivity contribution in [3.63, 3.8) is 0 Å². The van der Waals surface area contributed by atoms with Crippen molar-refractivity contribution in [2.45, 2.75) is 13.0 Å². The monoisotopic (exact) mass is 303 g/mol. The highest BCUT2D eigenvalue weighted by atomic mass is 35.5. The molecule has 3 rings (SSSR count). The lowest BCUT2D eigenvalue weighted by Crippen LogP contribution is -2.21. The van der Waals surface area contributed by atoms with Crippen LogP contribution >= 0.6 is 11.6 Å². The molecule has 2 aromatic carbocycles. The molecule has 0 fully saturated rings. The van der Waals surface area contributed by atoms with Crippen molar-refractivity contribution >= 4 is 22.6 Å². The molecule has 2 nitrogen and oxygen atoms in total. The smallest absolute Gasteiger partial charge is 0.134 e. The minimum Gasteiger partial charge on any atom is -0.459 e. The molecule has 0 bridgehead atoms. The number of hydrogen-bond acceptors (Lipinski definition) is 2. The molecule has 21 heavy (non-hydrogen) atoms. The van der Waals surface area contributed by atoms with Crippen molar-refractivity contribution in [3.8, 4) is 0 Å². The summed E-state index contributed by atoms with van der Waals surface area (Å²) in [5, 5.41) is 4.79. The van der Waals surface area contributed by atoms with Gasteiger partial charge in [0.05, 0.1) is 6.04 Å². The first-order valence-electron chi connectivity index (χ1n) is 6.86. The molecule has 0 amide bonds. The van der Waals surface area contributed by atoms with Crippen LogP contribution in [0.1, 0.15) is 24.3 Å². The average Bonchev–Trinajstić information content (AvgIpc) is 2.88. The van der Waals surface area contributed by atoms with Gasteiger partial charge in [-0.1, -0.05) is 36.7 Å². The van der Waals surface area contributed by atoms with Gasteiger partial charge < -0.3 is 9.73 Å². The van der Waals surface area contributed by atoms with Crippen LogP contribution in [0, 0.1) is 5.82 Å². The molecular formula is C17H15ClFNO. The number of hydrogen-bond donors (Lipinski definition) is 1. The molecule has 0 spiro atoms. The molecule has 1 heterocycles. The number of furan rings is 1. The van der Waals surface area contributed by atoms with Gasteiger partial charge in [0.2, 0.25) is 0 Å². The van der Waals surface area contributed by atoms with Gasteiger partial charge in [-0.15, -0.1) is 0 Å². The summed E-state index contributed by atoms with van der Waals surface area (Å²) in [5.41, 5.74) is 1.61. The Kier molecular flexibility index (Phi) is 3.95. The van der Waals surface area contributed by atoms with Gasteiger partial charge in [-0.3, -0.25) is 0 Å². The predicted octanol–water partition coefficient (Wildman–Crippen LogP) is 4.92. The Morgan fingerprint density at radius 1 is 1.19 bits per heavy atom. The fourth-order valence-electron chi connectivity index (χ4n) is 2.45. The van der Waals surface area contributed by atoms with Crippen LogP contribution in [-0.2, 0) is 0 Å². The molecule has 1 atom stereocenters. The van der Waals surface area contributed by atoms with E-state index in [0.717, 1.165) is 23.3 Å². The molecule has 0 radical (unpaired) electrons. The summed E-state index contributed by atoms with van der Waals surface area (Å²) in [4.78, 5) is 0.